The van der Waals surface area contributed by atoms with Crippen molar-refractivity contribution < 1.29 is 4.74 Å². The van der Waals surface area contributed by atoms with Crippen molar-refractivity contribution in [2.75, 3.05) is 7.11 Å². The first kappa shape index (κ1) is 22.2. The van der Waals surface area contributed by atoms with E-state index >= 15 is 0 Å². The second-order valence-electron chi connectivity index (χ2n) is 8.85. The van der Waals surface area contributed by atoms with Crippen LogP contribution < -0.4 is 10.4 Å². The fraction of sp³-hybridized carbons (Fsp3) is 0.393. The van der Waals surface area contributed by atoms with Gasteiger partial charge in [0.05, 0.1) is 18.1 Å². The molecule has 0 saturated carbocycles. The number of para-hydroxylation sites is 2. The second-order valence-corrected chi connectivity index (χ2v) is 8.85. The summed E-state index contributed by atoms with van der Waals surface area (Å²) >= 11 is 0. The summed E-state index contributed by atoms with van der Waals surface area (Å²) in [7, 11) is 1.76. The molecule has 1 aromatic heterocycles. The molecule has 0 amide bonds. The minimum atomic E-state index is 0.0260. The van der Waals surface area contributed by atoms with E-state index in [-0.39, 0.29) is 5.69 Å². The third kappa shape index (κ3) is 4.06. The molecule has 32 heavy (non-hydrogen) atoms. The summed E-state index contributed by atoms with van der Waals surface area (Å²) in [6.07, 6.45) is 5.49. The van der Waals surface area contributed by atoms with Crippen molar-refractivity contribution in [3.63, 3.8) is 0 Å². The van der Waals surface area contributed by atoms with Gasteiger partial charge in [0, 0.05) is 11.6 Å². The van der Waals surface area contributed by atoms with Gasteiger partial charge in [-0.05, 0) is 59.7 Å². The standard InChI is InChI=1S/C14H20N2O.C14H14O/c1-3-7-11(8-4-2)16-13-10-6-5-9-12(13)15-14(16)17;1-9-8-11-5-3-4-10-6-7-12(15-2)13(9)14(10)11/h5-6,9-11H,3-4,7-8H2,1-2H3,(H,15,17);3-7,9H,8H2,1-2H3. The summed E-state index contributed by atoms with van der Waals surface area (Å²) in [6.45, 7) is 6.61. The molecule has 0 radical (unpaired) electrons. The Labute approximate surface area is 190 Å². The van der Waals surface area contributed by atoms with Crippen LogP contribution in [0.5, 0.6) is 5.75 Å². The summed E-state index contributed by atoms with van der Waals surface area (Å²) in [5, 5.41) is 2.76. The Morgan fingerprint density at radius 1 is 1.03 bits per heavy atom. The minimum Gasteiger partial charge on any atom is -0.496 e. The van der Waals surface area contributed by atoms with Crippen molar-refractivity contribution in [2.45, 2.75) is 64.8 Å². The lowest BCUT2D eigenvalue weighted by Crippen LogP contribution is -2.22. The summed E-state index contributed by atoms with van der Waals surface area (Å²) in [4.78, 5) is 15.0. The molecule has 1 unspecified atom stereocenters. The van der Waals surface area contributed by atoms with Gasteiger partial charge in [-0.15, -0.1) is 0 Å². The van der Waals surface area contributed by atoms with Crippen LogP contribution in [-0.2, 0) is 6.42 Å². The summed E-state index contributed by atoms with van der Waals surface area (Å²) in [5.41, 5.74) is 4.86. The number of imidazole rings is 1. The average molecular weight is 431 g/mol. The van der Waals surface area contributed by atoms with Crippen LogP contribution in [0.1, 0.15) is 69.5 Å². The average Bonchev–Trinajstić information content (AvgIpc) is 3.32. The lowest BCUT2D eigenvalue weighted by Gasteiger charge is -2.17. The highest BCUT2D eigenvalue weighted by atomic mass is 16.5. The summed E-state index contributed by atoms with van der Waals surface area (Å²) in [5.74, 6) is 1.63. The van der Waals surface area contributed by atoms with Crippen molar-refractivity contribution in [1.82, 2.24) is 9.55 Å². The molecule has 4 heteroatoms. The van der Waals surface area contributed by atoms with Gasteiger partial charge in [0.1, 0.15) is 5.75 Å². The summed E-state index contributed by atoms with van der Waals surface area (Å²) < 4.78 is 7.38. The second kappa shape index (κ2) is 9.64. The van der Waals surface area contributed by atoms with Gasteiger partial charge in [-0.3, -0.25) is 4.57 Å². The van der Waals surface area contributed by atoms with E-state index in [1.165, 1.54) is 21.9 Å². The van der Waals surface area contributed by atoms with Crippen molar-refractivity contribution in [1.29, 1.82) is 0 Å². The number of rotatable bonds is 6. The number of benzene rings is 3. The van der Waals surface area contributed by atoms with E-state index in [2.05, 4.69) is 56.1 Å². The molecule has 168 valence electrons. The molecular formula is C28H34N2O2. The van der Waals surface area contributed by atoms with Gasteiger partial charge in [-0.1, -0.05) is 70.0 Å². The van der Waals surface area contributed by atoms with Crippen molar-refractivity contribution in [3.05, 3.63) is 76.2 Å². The Hall–Kier alpha value is -3.01. The normalized spacial score (nSPS) is 14.7. The Morgan fingerprint density at radius 2 is 1.78 bits per heavy atom. The molecule has 0 spiro atoms. The van der Waals surface area contributed by atoms with E-state index in [1.807, 2.05) is 28.8 Å². The molecule has 0 saturated heterocycles. The SMILES string of the molecule is CCCC(CCC)n1c(=O)[nH]c2ccccc21.COc1ccc2cccc3c2c1C(C)C3. The van der Waals surface area contributed by atoms with Crippen LogP contribution in [0.15, 0.2) is 59.4 Å². The Balaban J connectivity index is 0.000000154. The van der Waals surface area contributed by atoms with E-state index < -0.39 is 0 Å². The molecule has 4 nitrogen and oxygen atoms in total. The number of methoxy groups -OCH3 is 1. The largest absolute Gasteiger partial charge is 0.496 e. The van der Waals surface area contributed by atoms with Crippen molar-refractivity contribution in [3.8, 4) is 5.75 Å². The number of nitrogens with one attached hydrogen (secondary N) is 1. The Bertz CT molecular complexity index is 1260. The highest BCUT2D eigenvalue weighted by Gasteiger charge is 2.24. The van der Waals surface area contributed by atoms with Crippen molar-refractivity contribution >= 4 is 21.8 Å². The van der Waals surface area contributed by atoms with Gasteiger partial charge in [-0.2, -0.15) is 0 Å². The first-order valence-corrected chi connectivity index (χ1v) is 11.9. The molecule has 3 aromatic carbocycles. The molecule has 0 aliphatic heterocycles. The molecule has 5 rings (SSSR count). The molecule has 0 fully saturated rings. The van der Waals surface area contributed by atoms with E-state index in [4.69, 9.17) is 4.74 Å². The lowest BCUT2D eigenvalue weighted by atomic mass is 10.0. The van der Waals surface area contributed by atoms with Crippen LogP contribution in [0.25, 0.3) is 21.8 Å². The summed E-state index contributed by atoms with van der Waals surface area (Å²) in [6, 6.07) is 19.0. The van der Waals surface area contributed by atoms with Crippen molar-refractivity contribution in [2.24, 2.45) is 0 Å². The maximum absolute atomic E-state index is 12.0. The number of H-pyrrole nitrogens is 1. The van der Waals surface area contributed by atoms with Gasteiger partial charge < -0.3 is 9.72 Å². The number of hydrogen-bond acceptors (Lipinski definition) is 2. The molecule has 1 aliphatic carbocycles. The van der Waals surface area contributed by atoms with Gasteiger partial charge in [0.2, 0.25) is 0 Å². The van der Waals surface area contributed by atoms with E-state index in [9.17, 15) is 4.79 Å². The van der Waals surface area contributed by atoms with Gasteiger partial charge in [-0.25, -0.2) is 4.79 Å². The number of aromatic amines is 1. The van der Waals surface area contributed by atoms with Crippen LogP contribution in [0.2, 0.25) is 0 Å². The molecule has 4 aromatic rings. The lowest BCUT2D eigenvalue weighted by molar-refractivity contribution is 0.408. The minimum absolute atomic E-state index is 0.0260. The van der Waals surface area contributed by atoms with Gasteiger partial charge >= 0.3 is 5.69 Å². The highest BCUT2D eigenvalue weighted by Crippen LogP contribution is 2.43. The topological polar surface area (TPSA) is 47.0 Å². The zero-order valence-corrected chi connectivity index (χ0v) is 19.7. The van der Waals surface area contributed by atoms with E-state index in [0.717, 1.165) is 48.9 Å². The van der Waals surface area contributed by atoms with Gasteiger partial charge in [0.25, 0.3) is 0 Å². The van der Waals surface area contributed by atoms with Gasteiger partial charge in [0.15, 0.2) is 0 Å². The molecule has 1 aliphatic rings. The zero-order valence-electron chi connectivity index (χ0n) is 19.7. The Kier molecular flexibility index (Phi) is 6.69. The fourth-order valence-corrected chi connectivity index (χ4v) is 5.24. The number of hydrogen-bond donors (Lipinski definition) is 1. The highest BCUT2D eigenvalue weighted by molar-refractivity contribution is 5.93. The number of aromatic nitrogens is 2. The molecule has 1 atom stereocenters. The maximum Gasteiger partial charge on any atom is 0.326 e. The van der Waals surface area contributed by atoms with Crippen LogP contribution in [0.4, 0.5) is 0 Å². The van der Waals surface area contributed by atoms with E-state index in [0.29, 0.717) is 12.0 Å². The molecule has 0 bridgehead atoms. The molecule has 1 N–H and O–H groups in total. The first-order chi connectivity index (χ1) is 15.6. The quantitative estimate of drug-likeness (QED) is 0.359. The number of nitrogens with zero attached hydrogens (tertiary/aromatic N) is 1. The predicted octanol–water partition coefficient (Wildman–Crippen LogP) is 6.98. The maximum atomic E-state index is 12.0. The van der Waals surface area contributed by atoms with E-state index in [1.54, 1.807) is 7.11 Å². The number of ether oxygens (including phenoxy) is 1. The van der Waals surface area contributed by atoms with Crippen LogP contribution in [-0.4, -0.2) is 16.7 Å². The monoisotopic (exact) mass is 430 g/mol. The Morgan fingerprint density at radius 3 is 2.50 bits per heavy atom. The van der Waals surface area contributed by atoms with Crippen LogP contribution in [0.3, 0.4) is 0 Å². The zero-order chi connectivity index (χ0) is 22.7. The number of fused-ring (bicyclic) bond motifs is 1. The predicted molar refractivity (Wildman–Crippen MR) is 134 cm³/mol. The smallest absolute Gasteiger partial charge is 0.326 e. The van der Waals surface area contributed by atoms with Crippen LogP contribution in [0, 0.1) is 0 Å². The van der Waals surface area contributed by atoms with Crippen LogP contribution >= 0.6 is 0 Å². The molecular weight excluding hydrogens is 396 g/mol. The third-order valence-corrected chi connectivity index (χ3v) is 6.60. The molecule has 1 heterocycles. The fourth-order valence-electron chi connectivity index (χ4n) is 5.24. The third-order valence-electron chi connectivity index (χ3n) is 6.60. The first-order valence-electron chi connectivity index (χ1n) is 11.9.